The highest BCUT2D eigenvalue weighted by Gasteiger charge is 2.29. The van der Waals surface area contributed by atoms with Crippen LogP contribution in [0.15, 0.2) is 47.6 Å². The summed E-state index contributed by atoms with van der Waals surface area (Å²) in [6.45, 7) is 7.26. The van der Waals surface area contributed by atoms with E-state index in [1.165, 1.54) is 0 Å². The number of nitrogens with zero attached hydrogens (tertiary/aromatic N) is 2. The maximum atomic E-state index is 12.5. The lowest BCUT2D eigenvalue weighted by Gasteiger charge is -2.30. The maximum absolute atomic E-state index is 12.5. The molecule has 3 rings (SSSR count). The Labute approximate surface area is 176 Å². The van der Waals surface area contributed by atoms with Crippen LogP contribution < -0.4 is 22.1 Å². The zero-order valence-corrected chi connectivity index (χ0v) is 18.1. The van der Waals surface area contributed by atoms with E-state index in [1.54, 1.807) is 24.0 Å². The van der Waals surface area contributed by atoms with Gasteiger partial charge in [-0.3, -0.25) is 9.79 Å². The van der Waals surface area contributed by atoms with Gasteiger partial charge < -0.3 is 22.1 Å². The van der Waals surface area contributed by atoms with Crippen molar-refractivity contribution in [1.29, 1.82) is 0 Å². The van der Waals surface area contributed by atoms with E-state index >= 15 is 0 Å². The quantitative estimate of drug-likeness (QED) is 0.575. The Morgan fingerprint density at radius 2 is 2.03 bits per heavy atom. The molecule has 2 heterocycles. The average Bonchev–Trinajstić information content (AvgIpc) is 2.74. The van der Waals surface area contributed by atoms with Crippen molar-refractivity contribution in [2.24, 2.45) is 16.5 Å². The van der Waals surface area contributed by atoms with E-state index in [0.717, 1.165) is 23.4 Å². The number of aliphatic imine (C=N–C) groups is 1. The fraction of sp³-hybridized carbons (Fsp3) is 0.381. The van der Waals surface area contributed by atoms with Crippen LogP contribution >= 0.6 is 11.8 Å². The molecule has 156 valence electrons. The molecule has 1 aromatic carbocycles. The molecule has 29 heavy (non-hydrogen) atoms. The van der Waals surface area contributed by atoms with E-state index in [4.69, 9.17) is 11.5 Å². The lowest BCUT2D eigenvalue weighted by molar-refractivity contribution is 0.102. The summed E-state index contributed by atoms with van der Waals surface area (Å²) in [5.74, 6) is 0.668. The molecule has 2 aromatic rings. The smallest absolute Gasteiger partial charge is 0.274 e. The molecule has 0 aliphatic carbocycles. The number of pyridine rings is 1. The number of nitrogens with one attached hydrogen (secondary N) is 2. The lowest BCUT2D eigenvalue weighted by Crippen LogP contribution is -2.28. The zero-order chi connectivity index (χ0) is 21.3. The van der Waals surface area contributed by atoms with Crippen molar-refractivity contribution in [2.75, 3.05) is 29.5 Å². The Bertz CT molecular complexity index is 839. The summed E-state index contributed by atoms with van der Waals surface area (Å²) >= 11 is 1.57. The van der Waals surface area contributed by atoms with E-state index < -0.39 is 0 Å². The van der Waals surface area contributed by atoms with Gasteiger partial charge in [0.15, 0.2) is 5.17 Å². The van der Waals surface area contributed by atoms with Crippen molar-refractivity contribution in [3.8, 4) is 0 Å². The maximum Gasteiger partial charge on any atom is 0.274 e. The summed E-state index contributed by atoms with van der Waals surface area (Å²) in [6, 6.07) is 11.2. The third-order valence-corrected chi connectivity index (χ3v) is 5.20. The van der Waals surface area contributed by atoms with Gasteiger partial charge in [-0.2, -0.15) is 0 Å². The number of carbonyl (C=O) groups is 1. The number of nitrogens with two attached hydrogens (primary N) is 2. The lowest BCUT2D eigenvalue weighted by atomic mass is 9.89. The number of carbonyl (C=O) groups excluding carboxylic acids is 1. The molecular weight excluding hydrogens is 384 g/mol. The van der Waals surface area contributed by atoms with Crippen molar-refractivity contribution in [3.63, 3.8) is 0 Å². The van der Waals surface area contributed by atoms with Crippen molar-refractivity contribution in [3.05, 3.63) is 53.9 Å². The number of aromatic nitrogens is 1. The molecule has 6 N–H and O–H groups in total. The van der Waals surface area contributed by atoms with E-state index in [0.29, 0.717) is 29.6 Å². The van der Waals surface area contributed by atoms with Crippen LogP contribution in [-0.4, -0.2) is 34.9 Å². The minimum Gasteiger partial charge on any atom is -0.383 e. The van der Waals surface area contributed by atoms with Crippen molar-refractivity contribution < 1.29 is 4.79 Å². The summed E-state index contributed by atoms with van der Waals surface area (Å²) in [4.78, 5) is 21.3. The average molecular weight is 415 g/mol. The van der Waals surface area contributed by atoms with Crippen LogP contribution in [0.5, 0.6) is 0 Å². The predicted molar refractivity (Wildman–Crippen MR) is 124 cm³/mol. The third kappa shape index (κ3) is 6.20. The standard InChI is InChI=1S/C19H24N6OS.C2H6/c1-19(7-10-27-18(21)25-19)13-3-2-4-14(11-13)24-17(26)16-6-5-15(12-23-16)22-9-8-20;1-2/h2-6,11-12,22H,7-10,20H2,1H3,(H2,21,25)(H,24,26);1-2H3. The van der Waals surface area contributed by atoms with Crippen LogP contribution in [0, 0.1) is 0 Å². The molecule has 0 radical (unpaired) electrons. The van der Waals surface area contributed by atoms with Crippen LogP contribution in [0.2, 0.25) is 0 Å². The van der Waals surface area contributed by atoms with Gasteiger partial charge in [0.25, 0.3) is 5.91 Å². The van der Waals surface area contributed by atoms with Crippen molar-refractivity contribution in [1.82, 2.24) is 4.98 Å². The molecule has 0 fully saturated rings. The second kappa shape index (κ2) is 10.8. The number of rotatable bonds is 6. The van der Waals surface area contributed by atoms with Gasteiger partial charge in [0.1, 0.15) is 5.69 Å². The Morgan fingerprint density at radius 3 is 2.69 bits per heavy atom. The summed E-state index contributed by atoms with van der Waals surface area (Å²) in [7, 11) is 0. The first-order valence-corrected chi connectivity index (χ1v) is 10.8. The van der Waals surface area contributed by atoms with E-state index in [2.05, 4.69) is 27.5 Å². The topological polar surface area (TPSA) is 118 Å². The second-order valence-electron chi connectivity index (χ2n) is 6.50. The van der Waals surface area contributed by atoms with Crippen LogP contribution in [0.3, 0.4) is 0 Å². The van der Waals surface area contributed by atoms with Gasteiger partial charge in [0.05, 0.1) is 17.4 Å². The van der Waals surface area contributed by atoms with Gasteiger partial charge in [0, 0.05) is 24.5 Å². The number of hydrogen-bond donors (Lipinski definition) is 4. The zero-order valence-electron chi connectivity index (χ0n) is 17.2. The number of anilines is 2. The van der Waals surface area contributed by atoms with E-state index in [1.807, 2.05) is 44.2 Å². The Morgan fingerprint density at radius 1 is 1.24 bits per heavy atom. The van der Waals surface area contributed by atoms with Gasteiger partial charge in [-0.05, 0) is 43.2 Å². The second-order valence-corrected chi connectivity index (χ2v) is 7.62. The Balaban J connectivity index is 0.00000145. The molecule has 1 aliphatic heterocycles. The largest absolute Gasteiger partial charge is 0.383 e. The molecule has 1 unspecified atom stereocenters. The van der Waals surface area contributed by atoms with E-state index in [9.17, 15) is 4.79 Å². The van der Waals surface area contributed by atoms with Crippen molar-refractivity contribution in [2.45, 2.75) is 32.7 Å². The van der Waals surface area contributed by atoms with Gasteiger partial charge in [-0.1, -0.05) is 37.7 Å². The summed E-state index contributed by atoms with van der Waals surface area (Å²) in [6.07, 6.45) is 2.52. The van der Waals surface area contributed by atoms with Crippen LogP contribution in [0.25, 0.3) is 0 Å². The SMILES string of the molecule is CC.CC1(c2cccc(NC(=O)c3ccc(NCCN)cn3)c2)CCSC(N)=N1. The number of benzene rings is 1. The molecular formula is C21H30N6OS. The summed E-state index contributed by atoms with van der Waals surface area (Å²) in [5.41, 5.74) is 13.9. The van der Waals surface area contributed by atoms with Gasteiger partial charge in [-0.25, -0.2) is 4.98 Å². The van der Waals surface area contributed by atoms with E-state index in [-0.39, 0.29) is 11.4 Å². The molecule has 1 atom stereocenters. The van der Waals surface area contributed by atoms with Crippen LogP contribution in [0.4, 0.5) is 11.4 Å². The summed E-state index contributed by atoms with van der Waals surface area (Å²) in [5, 5.41) is 6.62. The molecule has 0 saturated carbocycles. The van der Waals surface area contributed by atoms with Gasteiger partial charge in [0.2, 0.25) is 0 Å². The normalized spacial score (nSPS) is 18.1. The first-order valence-electron chi connectivity index (χ1n) is 9.80. The van der Waals surface area contributed by atoms with Crippen LogP contribution in [-0.2, 0) is 5.54 Å². The first-order chi connectivity index (χ1) is 14.0. The highest BCUT2D eigenvalue weighted by molar-refractivity contribution is 8.13. The molecule has 1 amide bonds. The predicted octanol–water partition coefficient (Wildman–Crippen LogP) is 3.40. The Kier molecular flexibility index (Phi) is 8.48. The molecule has 0 bridgehead atoms. The number of amidine groups is 1. The number of amides is 1. The fourth-order valence-electron chi connectivity index (χ4n) is 2.87. The third-order valence-electron chi connectivity index (χ3n) is 4.41. The summed E-state index contributed by atoms with van der Waals surface area (Å²) < 4.78 is 0. The van der Waals surface area contributed by atoms with Gasteiger partial charge >= 0.3 is 0 Å². The minimum absolute atomic E-state index is 0.259. The molecule has 0 spiro atoms. The highest BCUT2D eigenvalue weighted by atomic mass is 32.2. The van der Waals surface area contributed by atoms with Crippen molar-refractivity contribution >= 4 is 34.2 Å². The monoisotopic (exact) mass is 414 g/mol. The first kappa shape index (κ1) is 22.7. The fourth-order valence-corrected chi connectivity index (χ4v) is 3.85. The van der Waals surface area contributed by atoms with Gasteiger partial charge in [-0.15, -0.1) is 0 Å². The molecule has 0 saturated heterocycles. The molecule has 8 heteroatoms. The minimum atomic E-state index is -0.370. The molecule has 1 aromatic heterocycles. The highest BCUT2D eigenvalue weighted by Crippen LogP contribution is 2.35. The molecule has 7 nitrogen and oxygen atoms in total. The number of hydrogen-bond acceptors (Lipinski definition) is 7. The number of thioether (sulfide) groups is 1. The Hall–Kier alpha value is -2.58. The molecule has 1 aliphatic rings. The van der Waals surface area contributed by atoms with Crippen LogP contribution in [0.1, 0.15) is 43.2 Å².